The Bertz CT molecular complexity index is 199. The molecule has 2 unspecified atom stereocenters. The van der Waals surface area contributed by atoms with Crippen LogP contribution in [0.25, 0.3) is 0 Å². The second-order valence-electron chi connectivity index (χ2n) is 2.92. The lowest BCUT2D eigenvalue weighted by atomic mass is 10.1. The lowest BCUT2D eigenvalue weighted by Gasteiger charge is -2.23. The van der Waals surface area contributed by atoms with Crippen molar-refractivity contribution in [2.45, 2.75) is 26.8 Å². The maximum Gasteiger partial charge on any atom is 0.0949 e. The summed E-state index contributed by atoms with van der Waals surface area (Å²) in [7, 11) is 0. The molecule has 0 rings (SSSR count). The average molecular weight is 165 g/mol. The van der Waals surface area contributed by atoms with Crippen molar-refractivity contribution < 1.29 is 0 Å². The Morgan fingerprint density at radius 2 is 1.83 bits per heavy atom. The zero-order valence-electron chi connectivity index (χ0n) is 7.91. The van der Waals surface area contributed by atoms with Gasteiger partial charge in [0.2, 0.25) is 0 Å². The molecule has 0 spiro atoms. The Balaban J connectivity index is 4.03. The lowest BCUT2D eigenvalue weighted by molar-refractivity contribution is 0.241. The standard InChI is InChI=1S/C9H15N3/c1-4-12(9(3)6-11)7-8(2)5-10/h8-9H,4,7H2,1-3H3. The summed E-state index contributed by atoms with van der Waals surface area (Å²) >= 11 is 0. The molecule has 3 heteroatoms. The van der Waals surface area contributed by atoms with Crippen LogP contribution in [0.15, 0.2) is 0 Å². The summed E-state index contributed by atoms with van der Waals surface area (Å²) in [6.07, 6.45) is 0. The second kappa shape index (κ2) is 5.57. The van der Waals surface area contributed by atoms with E-state index in [1.807, 2.05) is 25.7 Å². The van der Waals surface area contributed by atoms with Crippen molar-refractivity contribution in [1.82, 2.24) is 4.90 Å². The molecule has 0 bridgehead atoms. The number of rotatable bonds is 4. The Morgan fingerprint density at radius 1 is 1.25 bits per heavy atom. The normalized spacial score (nSPS) is 14.8. The van der Waals surface area contributed by atoms with Gasteiger partial charge in [-0.2, -0.15) is 10.5 Å². The number of hydrogen-bond donors (Lipinski definition) is 0. The minimum absolute atomic E-state index is 0.000694. The van der Waals surface area contributed by atoms with Gasteiger partial charge >= 0.3 is 0 Å². The highest BCUT2D eigenvalue weighted by Crippen LogP contribution is 2.02. The Kier molecular flexibility index (Phi) is 5.08. The van der Waals surface area contributed by atoms with Crippen LogP contribution in [0.4, 0.5) is 0 Å². The fourth-order valence-electron chi connectivity index (χ4n) is 1.04. The molecule has 0 saturated heterocycles. The van der Waals surface area contributed by atoms with Gasteiger partial charge in [0.05, 0.1) is 24.1 Å². The second-order valence-corrected chi connectivity index (χ2v) is 2.92. The van der Waals surface area contributed by atoms with Crippen molar-refractivity contribution in [3.63, 3.8) is 0 Å². The Labute approximate surface area is 74.2 Å². The first-order valence-corrected chi connectivity index (χ1v) is 4.19. The molecule has 3 nitrogen and oxygen atoms in total. The summed E-state index contributed by atoms with van der Waals surface area (Å²) in [4.78, 5) is 1.99. The van der Waals surface area contributed by atoms with Gasteiger partial charge in [-0.25, -0.2) is 0 Å². The summed E-state index contributed by atoms with van der Waals surface area (Å²) in [5, 5.41) is 17.2. The Morgan fingerprint density at radius 3 is 2.17 bits per heavy atom. The van der Waals surface area contributed by atoms with Gasteiger partial charge in [0, 0.05) is 6.54 Å². The van der Waals surface area contributed by atoms with Gasteiger partial charge in [-0.3, -0.25) is 4.90 Å². The molecule has 0 radical (unpaired) electrons. The fourth-order valence-corrected chi connectivity index (χ4v) is 1.04. The molecule has 0 aliphatic rings. The van der Waals surface area contributed by atoms with Gasteiger partial charge in [-0.15, -0.1) is 0 Å². The lowest BCUT2D eigenvalue weighted by Crippen LogP contribution is -2.35. The third kappa shape index (κ3) is 3.37. The molecule has 0 fully saturated rings. The van der Waals surface area contributed by atoms with E-state index in [1.54, 1.807) is 0 Å². The third-order valence-electron chi connectivity index (χ3n) is 1.87. The maximum absolute atomic E-state index is 8.65. The number of nitriles is 2. The van der Waals surface area contributed by atoms with E-state index >= 15 is 0 Å². The van der Waals surface area contributed by atoms with E-state index in [0.717, 1.165) is 6.54 Å². The molecule has 12 heavy (non-hydrogen) atoms. The molecule has 0 aliphatic heterocycles. The van der Waals surface area contributed by atoms with Crippen molar-refractivity contribution in [1.29, 1.82) is 10.5 Å². The summed E-state index contributed by atoms with van der Waals surface area (Å²) in [5.41, 5.74) is 0. The monoisotopic (exact) mass is 165 g/mol. The third-order valence-corrected chi connectivity index (χ3v) is 1.87. The fraction of sp³-hybridized carbons (Fsp3) is 0.778. The van der Waals surface area contributed by atoms with E-state index in [1.165, 1.54) is 0 Å². The summed E-state index contributed by atoms with van der Waals surface area (Å²) < 4.78 is 0. The highest BCUT2D eigenvalue weighted by atomic mass is 15.1. The first-order chi connectivity index (χ1) is 5.65. The van der Waals surface area contributed by atoms with Gasteiger partial charge in [-0.05, 0) is 20.4 Å². The van der Waals surface area contributed by atoms with Crippen LogP contribution in [0.3, 0.4) is 0 Å². The van der Waals surface area contributed by atoms with Crippen LogP contribution in [-0.4, -0.2) is 24.0 Å². The number of hydrogen-bond acceptors (Lipinski definition) is 3. The highest BCUT2D eigenvalue weighted by molar-refractivity contribution is 4.90. The minimum Gasteiger partial charge on any atom is -0.287 e. The smallest absolute Gasteiger partial charge is 0.0949 e. The topological polar surface area (TPSA) is 50.8 Å². The van der Waals surface area contributed by atoms with Crippen molar-refractivity contribution in [3.05, 3.63) is 0 Å². The minimum atomic E-state index is -0.0919. The highest BCUT2D eigenvalue weighted by Gasteiger charge is 2.13. The molecule has 0 amide bonds. The molecule has 0 saturated carbocycles. The van der Waals surface area contributed by atoms with Crippen molar-refractivity contribution >= 4 is 0 Å². The SMILES string of the molecule is CCN(CC(C)C#N)C(C)C#N. The van der Waals surface area contributed by atoms with Gasteiger partial charge in [0.25, 0.3) is 0 Å². The first-order valence-electron chi connectivity index (χ1n) is 4.19. The molecule has 2 atom stereocenters. The van der Waals surface area contributed by atoms with Crippen molar-refractivity contribution in [3.8, 4) is 12.1 Å². The van der Waals surface area contributed by atoms with Gasteiger partial charge < -0.3 is 0 Å². The van der Waals surface area contributed by atoms with Crippen LogP contribution >= 0.6 is 0 Å². The summed E-state index contributed by atoms with van der Waals surface area (Å²) in [6.45, 7) is 7.22. The molecule has 66 valence electrons. The molecule has 0 aromatic rings. The van der Waals surface area contributed by atoms with E-state index in [2.05, 4.69) is 12.1 Å². The van der Waals surface area contributed by atoms with Crippen LogP contribution in [0, 0.1) is 28.6 Å². The predicted octanol–water partition coefficient (Wildman–Crippen LogP) is 1.38. The van der Waals surface area contributed by atoms with E-state index in [0.29, 0.717) is 6.54 Å². The molecular formula is C9H15N3. The van der Waals surface area contributed by atoms with Crippen LogP contribution in [0.1, 0.15) is 20.8 Å². The van der Waals surface area contributed by atoms with Crippen LogP contribution < -0.4 is 0 Å². The molecular weight excluding hydrogens is 150 g/mol. The van der Waals surface area contributed by atoms with E-state index in [9.17, 15) is 0 Å². The van der Waals surface area contributed by atoms with Crippen LogP contribution in [0.2, 0.25) is 0 Å². The molecule has 0 aliphatic carbocycles. The van der Waals surface area contributed by atoms with Crippen LogP contribution in [0.5, 0.6) is 0 Å². The molecule has 0 N–H and O–H groups in total. The van der Waals surface area contributed by atoms with E-state index in [4.69, 9.17) is 10.5 Å². The number of nitrogens with zero attached hydrogens (tertiary/aromatic N) is 3. The van der Waals surface area contributed by atoms with Crippen molar-refractivity contribution in [2.24, 2.45) is 5.92 Å². The van der Waals surface area contributed by atoms with Gasteiger partial charge in [0.15, 0.2) is 0 Å². The molecule has 0 aromatic carbocycles. The van der Waals surface area contributed by atoms with Gasteiger partial charge in [0.1, 0.15) is 0 Å². The largest absolute Gasteiger partial charge is 0.287 e. The first kappa shape index (κ1) is 10.9. The zero-order chi connectivity index (χ0) is 9.56. The molecule has 0 aromatic heterocycles. The zero-order valence-corrected chi connectivity index (χ0v) is 7.91. The van der Waals surface area contributed by atoms with E-state index in [-0.39, 0.29) is 12.0 Å². The average Bonchev–Trinajstić information content (AvgIpc) is 2.12. The summed E-state index contributed by atoms with van der Waals surface area (Å²) in [6, 6.07) is 4.23. The van der Waals surface area contributed by atoms with E-state index < -0.39 is 0 Å². The Hall–Kier alpha value is -1.06. The van der Waals surface area contributed by atoms with Crippen molar-refractivity contribution in [2.75, 3.05) is 13.1 Å². The van der Waals surface area contributed by atoms with Gasteiger partial charge in [-0.1, -0.05) is 6.92 Å². The molecule has 0 heterocycles. The maximum atomic E-state index is 8.65. The predicted molar refractivity (Wildman–Crippen MR) is 47.1 cm³/mol. The quantitative estimate of drug-likeness (QED) is 0.632. The summed E-state index contributed by atoms with van der Waals surface area (Å²) in [5.74, 6) is 0.000694. The van der Waals surface area contributed by atoms with Crippen LogP contribution in [-0.2, 0) is 0 Å².